The van der Waals surface area contributed by atoms with Crippen LogP contribution in [0.25, 0.3) is 0 Å². The molecule has 8 heteroatoms. The predicted octanol–water partition coefficient (Wildman–Crippen LogP) is 3.91. The molecule has 22 heavy (non-hydrogen) atoms. The Morgan fingerprint density at radius 2 is 2.05 bits per heavy atom. The van der Waals surface area contributed by atoms with Crippen LogP contribution in [0.1, 0.15) is 12.2 Å². The number of nitriles is 1. The first-order chi connectivity index (χ1) is 10.4. The van der Waals surface area contributed by atoms with Crippen LogP contribution in [0.2, 0.25) is 0 Å². The summed E-state index contributed by atoms with van der Waals surface area (Å²) in [6.07, 6.45) is 1.59. The van der Waals surface area contributed by atoms with Crippen molar-refractivity contribution in [1.29, 1.82) is 5.26 Å². The van der Waals surface area contributed by atoms with Gasteiger partial charge in [0, 0.05) is 21.9 Å². The average Bonchev–Trinajstić information content (AvgIpc) is 2.98. The molecule has 1 heterocycles. The molecule has 0 saturated heterocycles. The first-order valence-corrected chi connectivity index (χ1v) is 9.32. The molecule has 0 fully saturated rings. The van der Waals surface area contributed by atoms with Crippen LogP contribution in [0.3, 0.4) is 0 Å². The van der Waals surface area contributed by atoms with Gasteiger partial charge in [0.1, 0.15) is 5.76 Å². The van der Waals surface area contributed by atoms with E-state index in [1.54, 1.807) is 24.3 Å². The maximum Gasteiger partial charge on any atom is 0.244 e. The van der Waals surface area contributed by atoms with E-state index in [1.807, 2.05) is 6.07 Å². The molecule has 0 aliphatic heterocycles. The number of furan rings is 1. The van der Waals surface area contributed by atoms with Gasteiger partial charge in [0.25, 0.3) is 0 Å². The molecule has 0 bridgehead atoms. The molecule has 1 aromatic carbocycles. The van der Waals surface area contributed by atoms with Crippen molar-refractivity contribution < 1.29 is 12.8 Å². The first kappa shape index (κ1) is 17.2. The summed E-state index contributed by atoms with van der Waals surface area (Å²) in [7, 11) is -3.76. The van der Waals surface area contributed by atoms with Crippen LogP contribution in [0, 0.1) is 11.3 Å². The fourth-order valence-electron chi connectivity index (χ4n) is 1.85. The average molecular weight is 448 g/mol. The van der Waals surface area contributed by atoms with E-state index in [4.69, 9.17) is 9.68 Å². The zero-order chi connectivity index (χ0) is 16.2. The number of hydrogen-bond donors (Lipinski definition) is 0. The first-order valence-electron chi connectivity index (χ1n) is 6.29. The van der Waals surface area contributed by atoms with Gasteiger partial charge in [-0.15, -0.1) is 0 Å². The van der Waals surface area contributed by atoms with Gasteiger partial charge in [0.05, 0.1) is 23.8 Å². The van der Waals surface area contributed by atoms with Gasteiger partial charge in [0.2, 0.25) is 10.0 Å². The van der Waals surface area contributed by atoms with Gasteiger partial charge in [0.15, 0.2) is 0 Å². The fraction of sp³-hybridized carbons (Fsp3) is 0.214. The second kappa shape index (κ2) is 7.42. The zero-order valence-corrected chi connectivity index (χ0v) is 15.4. The summed E-state index contributed by atoms with van der Waals surface area (Å²) in [6, 6.07) is 10.3. The summed E-state index contributed by atoms with van der Waals surface area (Å²) in [5.41, 5.74) is 0. The van der Waals surface area contributed by atoms with Gasteiger partial charge in [-0.25, -0.2) is 8.42 Å². The van der Waals surface area contributed by atoms with E-state index < -0.39 is 10.0 Å². The number of halogens is 2. The molecule has 0 aliphatic rings. The second-order valence-electron chi connectivity index (χ2n) is 4.40. The smallest absolute Gasteiger partial charge is 0.244 e. The van der Waals surface area contributed by atoms with Crippen molar-refractivity contribution in [1.82, 2.24) is 4.31 Å². The van der Waals surface area contributed by atoms with Gasteiger partial charge < -0.3 is 4.42 Å². The fourth-order valence-corrected chi connectivity index (χ4v) is 4.72. The highest BCUT2D eigenvalue weighted by Gasteiger charge is 2.27. The minimum atomic E-state index is -3.76. The lowest BCUT2D eigenvalue weighted by Crippen LogP contribution is -2.31. The summed E-state index contributed by atoms with van der Waals surface area (Å²) in [4.78, 5) is 0.145. The summed E-state index contributed by atoms with van der Waals surface area (Å²) in [5, 5.41) is 8.76. The summed E-state index contributed by atoms with van der Waals surface area (Å²) in [6.45, 7) is 0.175. The molecule has 0 spiro atoms. The van der Waals surface area contributed by atoms with Crippen LogP contribution >= 0.6 is 31.9 Å². The largest absolute Gasteiger partial charge is 0.468 e. The van der Waals surface area contributed by atoms with Crippen molar-refractivity contribution >= 4 is 41.9 Å². The Bertz CT molecular complexity index is 783. The Morgan fingerprint density at radius 1 is 1.27 bits per heavy atom. The van der Waals surface area contributed by atoms with Gasteiger partial charge in [-0.3, -0.25) is 0 Å². The van der Waals surface area contributed by atoms with Crippen LogP contribution in [0.5, 0.6) is 0 Å². The van der Waals surface area contributed by atoms with E-state index in [0.29, 0.717) is 14.7 Å². The van der Waals surface area contributed by atoms with Crippen molar-refractivity contribution in [3.63, 3.8) is 0 Å². The SMILES string of the molecule is N#CCCN(Cc1ccco1)S(=O)(=O)c1cc(Br)ccc1Br. The highest BCUT2D eigenvalue weighted by atomic mass is 79.9. The van der Waals surface area contributed by atoms with Crippen molar-refractivity contribution in [2.24, 2.45) is 0 Å². The minimum Gasteiger partial charge on any atom is -0.468 e. The maximum absolute atomic E-state index is 12.9. The molecular formula is C14H12Br2N2O3S. The lowest BCUT2D eigenvalue weighted by Gasteiger charge is -2.21. The molecular weight excluding hydrogens is 436 g/mol. The Balaban J connectivity index is 2.40. The standard InChI is InChI=1S/C14H12Br2N2O3S/c15-11-4-5-13(16)14(9-11)22(19,20)18(7-2-6-17)10-12-3-1-8-21-12/h1,3-5,8-9H,2,7,10H2. The van der Waals surface area contributed by atoms with E-state index in [1.165, 1.54) is 16.6 Å². The molecule has 2 rings (SSSR count). The van der Waals surface area contributed by atoms with E-state index in [0.717, 1.165) is 0 Å². The number of rotatable bonds is 6. The minimum absolute atomic E-state index is 0.0793. The third-order valence-corrected chi connectivity index (χ3v) is 6.23. The molecule has 0 atom stereocenters. The Hall–Kier alpha value is -1.14. The quantitative estimate of drug-likeness (QED) is 0.672. The Labute approximate surface area is 145 Å². The van der Waals surface area contributed by atoms with Crippen LogP contribution in [0.15, 0.2) is 54.9 Å². The van der Waals surface area contributed by atoms with Crippen molar-refractivity contribution in [2.75, 3.05) is 6.54 Å². The third kappa shape index (κ3) is 3.98. The molecule has 0 aliphatic carbocycles. The van der Waals surface area contributed by atoms with Crippen LogP contribution in [-0.2, 0) is 16.6 Å². The van der Waals surface area contributed by atoms with Crippen LogP contribution in [0.4, 0.5) is 0 Å². The zero-order valence-electron chi connectivity index (χ0n) is 11.4. The molecule has 0 saturated carbocycles. The normalized spacial score (nSPS) is 11.5. The lowest BCUT2D eigenvalue weighted by molar-refractivity contribution is 0.368. The van der Waals surface area contributed by atoms with Gasteiger partial charge >= 0.3 is 0 Å². The molecule has 2 aromatic rings. The molecule has 0 N–H and O–H groups in total. The van der Waals surface area contributed by atoms with Gasteiger partial charge in [-0.1, -0.05) is 15.9 Å². The number of benzene rings is 1. The Morgan fingerprint density at radius 3 is 2.68 bits per heavy atom. The molecule has 1 aromatic heterocycles. The molecule has 0 radical (unpaired) electrons. The predicted molar refractivity (Wildman–Crippen MR) is 88.4 cm³/mol. The molecule has 0 unspecified atom stereocenters. The summed E-state index contributed by atoms with van der Waals surface area (Å²) < 4.78 is 33.3. The number of nitrogens with zero attached hydrogens (tertiary/aromatic N) is 2. The number of hydrogen-bond acceptors (Lipinski definition) is 4. The topological polar surface area (TPSA) is 74.3 Å². The van der Waals surface area contributed by atoms with E-state index in [-0.39, 0.29) is 24.4 Å². The third-order valence-electron chi connectivity index (χ3n) is 2.90. The Kier molecular flexibility index (Phi) is 5.81. The monoisotopic (exact) mass is 446 g/mol. The van der Waals surface area contributed by atoms with Gasteiger partial charge in [-0.05, 0) is 46.3 Å². The van der Waals surface area contributed by atoms with E-state index in [2.05, 4.69) is 31.9 Å². The van der Waals surface area contributed by atoms with Crippen molar-refractivity contribution in [2.45, 2.75) is 17.9 Å². The highest BCUT2D eigenvalue weighted by molar-refractivity contribution is 9.11. The van der Waals surface area contributed by atoms with Crippen molar-refractivity contribution in [3.8, 4) is 6.07 Å². The van der Waals surface area contributed by atoms with E-state index >= 15 is 0 Å². The highest BCUT2D eigenvalue weighted by Crippen LogP contribution is 2.29. The van der Waals surface area contributed by atoms with E-state index in [9.17, 15) is 8.42 Å². The summed E-state index contributed by atoms with van der Waals surface area (Å²) >= 11 is 6.54. The summed E-state index contributed by atoms with van der Waals surface area (Å²) in [5.74, 6) is 0.521. The van der Waals surface area contributed by atoms with Crippen LogP contribution < -0.4 is 0 Å². The number of sulfonamides is 1. The maximum atomic E-state index is 12.9. The molecule has 5 nitrogen and oxygen atoms in total. The van der Waals surface area contributed by atoms with Gasteiger partial charge in [-0.2, -0.15) is 9.57 Å². The lowest BCUT2D eigenvalue weighted by atomic mass is 10.4. The van der Waals surface area contributed by atoms with Crippen molar-refractivity contribution in [3.05, 3.63) is 51.3 Å². The second-order valence-corrected chi connectivity index (χ2v) is 8.08. The molecule has 116 valence electrons. The molecule has 0 amide bonds. The van der Waals surface area contributed by atoms with Crippen LogP contribution in [-0.4, -0.2) is 19.3 Å².